The van der Waals surface area contributed by atoms with E-state index in [0.29, 0.717) is 6.54 Å². The van der Waals surface area contributed by atoms with Gasteiger partial charge in [0, 0.05) is 23.0 Å². The Morgan fingerprint density at radius 1 is 1.19 bits per heavy atom. The zero-order valence-electron chi connectivity index (χ0n) is 15.7. The Bertz CT molecular complexity index is 712. The molecule has 3 N–H and O–H groups in total. The molecule has 1 unspecified atom stereocenters. The van der Waals surface area contributed by atoms with Gasteiger partial charge in [0.1, 0.15) is 0 Å². The molecule has 26 heavy (non-hydrogen) atoms. The zero-order chi connectivity index (χ0) is 18.8. The number of hydrogen-bond donors (Lipinski definition) is 3. The second-order valence-electron chi connectivity index (χ2n) is 6.13. The van der Waals surface area contributed by atoms with Crippen LogP contribution in [0, 0.1) is 5.92 Å². The molecule has 1 aromatic heterocycles. The predicted molar refractivity (Wildman–Crippen MR) is 111 cm³/mol. The molecule has 0 saturated heterocycles. The highest BCUT2D eigenvalue weighted by molar-refractivity contribution is 7.09. The van der Waals surface area contributed by atoms with E-state index < -0.39 is 0 Å². The van der Waals surface area contributed by atoms with Crippen molar-refractivity contribution in [2.24, 2.45) is 10.9 Å². The maximum Gasteiger partial charge on any atom is 0.227 e. The number of carbonyl (C=O) groups excluding carboxylic acids is 1. The zero-order valence-corrected chi connectivity index (χ0v) is 16.5. The number of benzene rings is 1. The Kier molecular flexibility index (Phi) is 8.15. The number of guanidine groups is 1. The van der Waals surface area contributed by atoms with E-state index in [9.17, 15) is 4.79 Å². The summed E-state index contributed by atoms with van der Waals surface area (Å²) >= 11 is 1.72. The van der Waals surface area contributed by atoms with Crippen LogP contribution in [0.4, 0.5) is 5.69 Å². The number of carbonyl (C=O) groups is 1. The number of anilines is 1. The van der Waals surface area contributed by atoms with Gasteiger partial charge in [-0.05, 0) is 42.5 Å². The molecular formula is C20H28N4OS. The lowest BCUT2D eigenvalue weighted by Crippen LogP contribution is -2.36. The monoisotopic (exact) mass is 372 g/mol. The van der Waals surface area contributed by atoms with Gasteiger partial charge < -0.3 is 16.0 Å². The van der Waals surface area contributed by atoms with Gasteiger partial charge in [-0.1, -0.05) is 32.0 Å². The fourth-order valence-electron chi connectivity index (χ4n) is 2.29. The van der Waals surface area contributed by atoms with Gasteiger partial charge in [0.15, 0.2) is 5.96 Å². The third-order valence-corrected chi connectivity index (χ3v) is 4.90. The highest BCUT2D eigenvalue weighted by Gasteiger charge is 2.10. The van der Waals surface area contributed by atoms with Crippen molar-refractivity contribution in [3.05, 3.63) is 52.2 Å². The molecule has 2 aromatic rings. The van der Waals surface area contributed by atoms with Gasteiger partial charge >= 0.3 is 0 Å². The smallest absolute Gasteiger partial charge is 0.227 e. The number of thiophene rings is 1. The van der Waals surface area contributed by atoms with E-state index in [1.54, 1.807) is 11.3 Å². The molecule has 1 amide bonds. The molecule has 1 aromatic carbocycles. The molecule has 1 atom stereocenters. The summed E-state index contributed by atoms with van der Waals surface area (Å²) in [5.74, 6) is 0.854. The van der Waals surface area contributed by atoms with Crippen LogP contribution in [0.25, 0.3) is 0 Å². The summed E-state index contributed by atoms with van der Waals surface area (Å²) in [5, 5.41) is 11.6. The van der Waals surface area contributed by atoms with E-state index in [1.165, 1.54) is 4.88 Å². The van der Waals surface area contributed by atoms with E-state index in [0.717, 1.165) is 36.7 Å². The Balaban J connectivity index is 1.97. The Morgan fingerprint density at radius 3 is 2.73 bits per heavy atom. The highest BCUT2D eigenvalue weighted by atomic mass is 32.1. The lowest BCUT2D eigenvalue weighted by molar-refractivity contribution is -0.119. The van der Waals surface area contributed by atoms with Crippen molar-refractivity contribution in [1.82, 2.24) is 10.6 Å². The maximum atomic E-state index is 12.0. The standard InChI is InChI=1S/C20H28N4OS/c1-4-15(3)19(25)24-17-9-6-8-16(12-17)13-22-20(21-5-2)23-14-18-10-7-11-26-18/h6-12,15H,4-5,13-14H2,1-3H3,(H,24,25)(H2,21,22,23). The average Bonchev–Trinajstić information content (AvgIpc) is 3.17. The van der Waals surface area contributed by atoms with Gasteiger partial charge in [0.05, 0.1) is 13.1 Å². The molecule has 0 aliphatic heterocycles. The van der Waals surface area contributed by atoms with Crippen LogP contribution in [0.15, 0.2) is 46.8 Å². The highest BCUT2D eigenvalue weighted by Crippen LogP contribution is 2.14. The van der Waals surface area contributed by atoms with E-state index in [2.05, 4.69) is 32.4 Å². The van der Waals surface area contributed by atoms with E-state index in [-0.39, 0.29) is 11.8 Å². The van der Waals surface area contributed by atoms with Crippen LogP contribution in [0.2, 0.25) is 0 Å². The molecule has 1 heterocycles. The van der Waals surface area contributed by atoms with Crippen molar-refractivity contribution in [3.8, 4) is 0 Å². The lowest BCUT2D eigenvalue weighted by atomic mass is 10.1. The van der Waals surface area contributed by atoms with Crippen molar-refractivity contribution < 1.29 is 4.79 Å². The second kappa shape index (κ2) is 10.6. The molecule has 0 saturated carbocycles. The molecule has 2 rings (SSSR count). The van der Waals surface area contributed by atoms with Crippen molar-refractivity contribution in [3.63, 3.8) is 0 Å². The number of nitrogens with one attached hydrogen (secondary N) is 3. The van der Waals surface area contributed by atoms with E-state index in [1.807, 2.05) is 51.1 Å². The first-order valence-corrected chi connectivity index (χ1v) is 9.94. The van der Waals surface area contributed by atoms with Crippen molar-refractivity contribution in [2.75, 3.05) is 11.9 Å². The van der Waals surface area contributed by atoms with Crippen molar-refractivity contribution in [1.29, 1.82) is 0 Å². The Morgan fingerprint density at radius 2 is 2.04 bits per heavy atom. The normalized spacial score (nSPS) is 12.5. The van der Waals surface area contributed by atoms with Crippen molar-refractivity contribution in [2.45, 2.75) is 40.3 Å². The summed E-state index contributed by atoms with van der Waals surface area (Å²) in [7, 11) is 0. The van der Waals surface area contributed by atoms with Crippen LogP contribution in [0.1, 0.15) is 37.6 Å². The summed E-state index contributed by atoms with van der Waals surface area (Å²) in [5.41, 5.74) is 1.87. The van der Waals surface area contributed by atoms with Crippen molar-refractivity contribution >= 4 is 28.9 Å². The minimum absolute atomic E-state index is 0.0125. The molecular weight excluding hydrogens is 344 g/mol. The molecule has 0 aliphatic rings. The van der Waals surface area contributed by atoms with Gasteiger partial charge in [0.25, 0.3) is 0 Å². The van der Waals surface area contributed by atoms with Gasteiger partial charge in [-0.15, -0.1) is 11.3 Å². The Hall–Kier alpha value is -2.34. The van der Waals surface area contributed by atoms with Crippen LogP contribution in [0.5, 0.6) is 0 Å². The number of nitrogens with zero attached hydrogens (tertiary/aromatic N) is 1. The lowest BCUT2D eigenvalue weighted by Gasteiger charge is -2.12. The molecule has 140 valence electrons. The molecule has 0 fully saturated rings. The average molecular weight is 373 g/mol. The predicted octanol–water partition coefficient (Wildman–Crippen LogP) is 3.99. The molecule has 0 aliphatic carbocycles. The number of hydrogen-bond acceptors (Lipinski definition) is 3. The van der Waals surface area contributed by atoms with Crippen LogP contribution >= 0.6 is 11.3 Å². The van der Waals surface area contributed by atoms with Gasteiger partial charge in [-0.3, -0.25) is 4.79 Å². The van der Waals surface area contributed by atoms with Gasteiger partial charge in [-0.2, -0.15) is 0 Å². The summed E-state index contributed by atoms with van der Waals surface area (Å²) < 4.78 is 0. The quantitative estimate of drug-likeness (QED) is 0.485. The van der Waals surface area contributed by atoms with Crippen LogP contribution in [0.3, 0.4) is 0 Å². The van der Waals surface area contributed by atoms with E-state index in [4.69, 9.17) is 0 Å². The maximum absolute atomic E-state index is 12.0. The minimum Gasteiger partial charge on any atom is -0.357 e. The SMILES string of the molecule is CCNC(=NCc1cccc(NC(=O)C(C)CC)c1)NCc1cccs1. The van der Waals surface area contributed by atoms with Crippen LogP contribution in [-0.2, 0) is 17.9 Å². The van der Waals surface area contributed by atoms with Crippen LogP contribution < -0.4 is 16.0 Å². The first-order chi connectivity index (χ1) is 12.6. The fourth-order valence-corrected chi connectivity index (χ4v) is 2.94. The van der Waals surface area contributed by atoms with Gasteiger partial charge in [0.2, 0.25) is 5.91 Å². The Labute approximate surface area is 159 Å². The minimum atomic E-state index is 0.0125. The number of rotatable bonds is 8. The van der Waals surface area contributed by atoms with E-state index >= 15 is 0 Å². The fraction of sp³-hybridized carbons (Fsp3) is 0.400. The number of aliphatic imine (C=N–C) groups is 1. The number of amides is 1. The second-order valence-corrected chi connectivity index (χ2v) is 7.16. The summed E-state index contributed by atoms with van der Waals surface area (Å²) in [6.07, 6.45) is 0.831. The first kappa shape index (κ1) is 20.0. The molecule has 6 heteroatoms. The third-order valence-electron chi connectivity index (χ3n) is 4.03. The summed E-state index contributed by atoms with van der Waals surface area (Å²) in [6.45, 7) is 8.11. The summed E-state index contributed by atoms with van der Waals surface area (Å²) in [6, 6.07) is 12.0. The topological polar surface area (TPSA) is 65.5 Å². The first-order valence-electron chi connectivity index (χ1n) is 9.06. The third kappa shape index (κ3) is 6.52. The van der Waals surface area contributed by atoms with Gasteiger partial charge in [-0.25, -0.2) is 4.99 Å². The molecule has 0 radical (unpaired) electrons. The van der Waals surface area contributed by atoms with Crippen LogP contribution in [-0.4, -0.2) is 18.4 Å². The molecule has 0 spiro atoms. The largest absolute Gasteiger partial charge is 0.357 e. The molecule has 5 nitrogen and oxygen atoms in total. The molecule has 0 bridgehead atoms. The summed E-state index contributed by atoms with van der Waals surface area (Å²) in [4.78, 5) is 18.0.